The molecule has 0 spiro atoms. The quantitative estimate of drug-likeness (QED) is 0.474. The molecule has 0 aliphatic carbocycles. The van der Waals surface area contributed by atoms with Crippen LogP contribution >= 0.6 is 0 Å². The first-order chi connectivity index (χ1) is 16.3. The van der Waals surface area contributed by atoms with Gasteiger partial charge in [-0.2, -0.15) is 4.31 Å². The van der Waals surface area contributed by atoms with Crippen LogP contribution in [0.5, 0.6) is 5.75 Å². The van der Waals surface area contributed by atoms with Gasteiger partial charge in [0.25, 0.3) is 5.91 Å². The van der Waals surface area contributed by atoms with E-state index in [0.717, 1.165) is 29.3 Å². The van der Waals surface area contributed by atoms with Crippen LogP contribution in [0.25, 0.3) is 10.9 Å². The molecule has 2 heterocycles. The van der Waals surface area contributed by atoms with Crippen molar-refractivity contribution in [2.75, 3.05) is 27.3 Å². The molecule has 1 saturated heterocycles. The summed E-state index contributed by atoms with van der Waals surface area (Å²) in [4.78, 5) is 28.6. The Morgan fingerprint density at radius 3 is 2.56 bits per heavy atom. The van der Waals surface area contributed by atoms with E-state index in [1.54, 1.807) is 6.20 Å². The maximum absolute atomic E-state index is 13.1. The zero-order valence-electron chi connectivity index (χ0n) is 19.0. The first-order valence-corrected chi connectivity index (χ1v) is 12.4. The molecule has 0 radical (unpaired) electrons. The number of methoxy groups -OCH3 is 2. The first kappa shape index (κ1) is 23.8. The van der Waals surface area contributed by atoms with Crippen molar-refractivity contribution in [3.63, 3.8) is 0 Å². The molecule has 1 amide bonds. The minimum absolute atomic E-state index is 0.0733. The van der Waals surface area contributed by atoms with Gasteiger partial charge in [-0.25, -0.2) is 13.2 Å². The van der Waals surface area contributed by atoms with Crippen LogP contribution in [0.2, 0.25) is 0 Å². The summed E-state index contributed by atoms with van der Waals surface area (Å²) in [7, 11) is -1.18. The summed E-state index contributed by atoms with van der Waals surface area (Å²) >= 11 is 0. The fraction of sp³-hybridized carbons (Fsp3) is 0.333. The number of rotatable bonds is 8. The lowest BCUT2D eigenvalue weighted by Gasteiger charge is -2.19. The normalized spacial score (nSPS) is 15.2. The van der Waals surface area contributed by atoms with Crippen LogP contribution in [-0.4, -0.2) is 62.9 Å². The van der Waals surface area contributed by atoms with Crippen LogP contribution in [0.15, 0.2) is 53.6 Å². The molecule has 1 fully saturated rings. The topological polar surface area (TPSA) is 118 Å². The summed E-state index contributed by atoms with van der Waals surface area (Å²) in [6.45, 7) is 0.855. The third kappa shape index (κ3) is 4.64. The molecule has 1 atom stereocenters. The van der Waals surface area contributed by atoms with Crippen molar-refractivity contribution < 1.29 is 27.5 Å². The van der Waals surface area contributed by atoms with Gasteiger partial charge in [0.05, 0.1) is 14.2 Å². The Morgan fingerprint density at radius 2 is 1.85 bits per heavy atom. The number of aromatic amines is 1. The van der Waals surface area contributed by atoms with Gasteiger partial charge in [0, 0.05) is 42.2 Å². The number of fused-ring (bicyclic) bond motifs is 1. The molecule has 34 heavy (non-hydrogen) atoms. The minimum atomic E-state index is -3.82. The Kier molecular flexibility index (Phi) is 6.90. The molecule has 1 aromatic heterocycles. The third-order valence-electron chi connectivity index (χ3n) is 6.00. The average molecular weight is 486 g/mol. The number of hydrogen-bond donors (Lipinski definition) is 2. The minimum Gasteiger partial charge on any atom is -0.495 e. The fourth-order valence-electron chi connectivity index (χ4n) is 4.18. The van der Waals surface area contributed by atoms with Crippen molar-refractivity contribution in [2.45, 2.75) is 30.2 Å². The van der Waals surface area contributed by atoms with Crippen molar-refractivity contribution in [2.24, 2.45) is 0 Å². The van der Waals surface area contributed by atoms with Gasteiger partial charge in [-0.1, -0.05) is 18.2 Å². The number of carbonyl (C=O) groups is 2. The zero-order chi connectivity index (χ0) is 24.3. The standard InChI is InChI=1S/C24H27N3O6S/c1-32-21-10-9-16(14-22(21)34(30,31)27-11-5-6-12-27)23(28)26-20(24(29)33-2)13-17-15-25-19-8-4-3-7-18(17)19/h3-4,7-10,14-15,20,25H,5-6,11-13H2,1-2H3,(H,26,28). The number of aromatic nitrogens is 1. The number of sulfonamides is 1. The highest BCUT2D eigenvalue weighted by atomic mass is 32.2. The van der Waals surface area contributed by atoms with Gasteiger partial charge >= 0.3 is 5.97 Å². The van der Waals surface area contributed by atoms with Crippen molar-refractivity contribution >= 4 is 32.8 Å². The number of amides is 1. The van der Waals surface area contributed by atoms with Crippen molar-refractivity contribution in [3.8, 4) is 5.75 Å². The smallest absolute Gasteiger partial charge is 0.328 e. The summed E-state index contributed by atoms with van der Waals surface area (Å²) in [5.74, 6) is -1.03. The van der Waals surface area contributed by atoms with Gasteiger partial charge in [0.2, 0.25) is 10.0 Å². The number of benzene rings is 2. The molecule has 180 valence electrons. The number of para-hydroxylation sites is 1. The lowest BCUT2D eigenvalue weighted by molar-refractivity contribution is -0.142. The van der Waals surface area contributed by atoms with Crippen LogP contribution in [0, 0.1) is 0 Å². The largest absolute Gasteiger partial charge is 0.495 e. The van der Waals surface area contributed by atoms with E-state index in [1.165, 1.54) is 36.7 Å². The van der Waals surface area contributed by atoms with E-state index >= 15 is 0 Å². The van der Waals surface area contributed by atoms with Crippen LogP contribution in [0.1, 0.15) is 28.8 Å². The zero-order valence-corrected chi connectivity index (χ0v) is 19.9. The second kappa shape index (κ2) is 9.86. The molecule has 10 heteroatoms. The van der Waals surface area contributed by atoms with Crippen LogP contribution < -0.4 is 10.1 Å². The Morgan fingerprint density at radius 1 is 1.12 bits per heavy atom. The van der Waals surface area contributed by atoms with Gasteiger partial charge in [0.1, 0.15) is 16.7 Å². The number of nitrogens with zero attached hydrogens (tertiary/aromatic N) is 1. The number of carbonyl (C=O) groups excluding carboxylic acids is 2. The van der Waals surface area contributed by atoms with E-state index in [9.17, 15) is 18.0 Å². The van der Waals surface area contributed by atoms with Gasteiger partial charge in [-0.05, 0) is 42.7 Å². The fourth-order valence-corrected chi connectivity index (χ4v) is 5.88. The summed E-state index contributed by atoms with van der Waals surface area (Å²) in [5, 5.41) is 3.64. The number of ether oxygens (including phenoxy) is 2. The van der Waals surface area contributed by atoms with E-state index < -0.39 is 27.9 Å². The molecular weight excluding hydrogens is 458 g/mol. The molecule has 0 bridgehead atoms. The number of nitrogens with one attached hydrogen (secondary N) is 2. The predicted octanol–water partition coefficient (Wildman–Crippen LogP) is 2.48. The number of hydrogen-bond acceptors (Lipinski definition) is 6. The molecule has 1 aliphatic rings. The number of esters is 1. The van der Waals surface area contributed by atoms with E-state index in [0.29, 0.717) is 13.1 Å². The van der Waals surface area contributed by atoms with Crippen LogP contribution in [-0.2, 0) is 26.0 Å². The monoisotopic (exact) mass is 485 g/mol. The summed E-state index contributed by atoms with van der Waals surface area (Å²) in [5.41, 5.74) is 1.86. The van der Waals surface area contributed by atoms with Crippen molar-refractivity contribution in [3.05, 3.63) is 59.8 Å². The van der Waals surface area contributed by atoms with E-state index in [2.05, 4.69) is 10.3 Å². The molecule has 1 aliphatic heterocycles. The molecule has 2 N–H and O–H groups in total. The maximum Gasteiger partial charge on any atom is 0.328 e. The molecule has 4 rings (SSSR count). The molecule has 1 unspecified atom stereocenters. The molecule has 2 aromatic carbocycles. The second-order valence-corrected chi connectivity index (χ2v) is 10.00. The van der Waals surface area contributed by atoms with Gasteiger partial charge < -0.3 is 19.8 Å². The van der Waals surface area contributed by atoms with E-state index in [4.69, 9.17) is 9.47 Å². The Hall–Kier alpha value is -3.37. The molecular formula is C24H27N3O6S. The highest BCUT2D eigenvalue weighted by molar-refractivity contribution is 7.89. The predicted molar refractivity (Wildman–Crippen MR) is 126 cm³/mol. The lowest BCUT2D eigenvalue weighted by atomic mass is 10.0. The maximum atomic E-state index is 13.1. The Bertz CT molecular complexity index is 1310. The second-order valence-electron chi connectivity index (χ2n) is 8.09. The molecule has 0 saturated carbocycles. The summed E-state index contributed by atoms with van der Waals surface area (Å²) in [6.07, 6.45) is 3.57. The van der Waals surface area contributed by atoms with Gasteiger partial charge in [0.15, 0.2) is 0 Å². The SMILES string of the molecule is COC(=O)C(Cc1c[nH]c2ccccc12)NC(=O)c1ccc(OC)c(S(=O)(=O)N2CCCC2)c1. The van der Waals surface area contributed by atoms with Gasteiger partial charge in [-0.15, -0.1) is 0 Å². The van der Waals surface area contributed by atoms with Crippen molar-refractivity contribution in [1.82, 2.24) is 14.6 Å². The Labute approximate surface area is 198 Å². The lowest BCUT2D eigenvalue weighted by Crippen LogP contribution is -2.43. The third-order valence-corrected chi connectivity index (χ3v) is 7.92. The summed E-state index contributed by atoms with van der Waals surface area (Å²) < 4.78 is 37.8. The highest BCUT2D eigenvalue weighted by Crippen LogP contribution is 2.30. The van der Waals surface area contributed by atoms with E-state index in [1.807, 2.05) is 24.3 Å². The molecule has 9 nitrogen and oxygen atoms in total. The highest BCUT2D eigenvalue weighted by Gasteiger charge is 2.31. The van der Waals surface area contributed by atoms with Crippen molar-refractivity contribution in [1.29, 1.82) is 0 Å². The molecule has 3 aromatic rings. The van der Waals surface area contributed by atoms with Gasteiger partial charge in [-0.3, -0.25) is 4.79 Å². The Balaban J connectivity index is 1.61. The van der Waals surface area contributed by atoms with E-state index in [-0.39, 0.29) is 22.6 Å². The summed E-state index contributed by atoms with van der Waals surface area (Å²) in [6, 6.07) is 10.9. The first-order valence-electron chi connectivity index (χ1n) is 11.0. The van der Waals surface area contributed by atoms with Crippen LogP contribution in [0.3, 0.4) is 0 Å². The van der Waals surface area contributed by atoms with Crippen LogP contribution in [0.4, 0.5) is 0 Å². The average Bonchev–Trinajstić information content (AvgIpc) is 3.54. The number of H-pyrrole nitrogens is 1.